The molecule has 1 saturated carbocycles. The minimum Gasteiger partial charge on any atom is -0.379 e. The highest BCUT2D eigenvalue weighted by atomic mass is 16.5. The minimum atomic E-state index is 0.256. The molecular weight excluding hydrogens is 402 g/mol. The van der Waals surface area contributed by atoms with Gasteiger partial charge in [0.2, 0.25) is 5.91 Å². The van der Waals surface area contributed by atoms with Gasteiger partial charge in [-0.3, -0.25) is 14.7 Å². The number of rotatable bonds is 6. The first kappa shape index (κ1) is 23.1. The molecule has 2 aliphatic heterocycles. The van der Waals surface area contributed by atoms with Crippen LogP contribution in [-0.4, -0.2) is 74.1 Å². The van der Waals surface area contributed by atoms with E-state index in [0.29, 0.717) is 5.91 Å². The number of carbonyl (C=O) groups excluding carboxylic acids is 1. The lowest BCUT2D eigenvalue weighted by Gasteiger charge is -2.26. The van der Waals surface area contributed by atoms with Crippen molar-refractivity contribution in [2.45, 2.75) is 57.7 Å². The Morgan fingerprint density at radius 2 is 1.75 bits per heavy atom. The zero-order chi connectivity index (χ0) is 22.2. The van der Waals surface area contributed by atoms with Gasteiger partial charge < -0.3 is 20.3 Å². The Kier molecular flexibility index (Phi) is 8.40. The highest BCUT2D eigenvalue weighted by Gasteiger charge is 2.31. The Bertz CT molecular complexity index is 754. The first-order chi connectivity index (χ1) is 15.7. The Hall–Kier alpha value is -2.12. The summed E-state index contributed by atoms with van der Waals surface area (Å²) in [7, 11) is 1.81. The quantitative estimate of drug-likeness (QED) is 0.524. The number of nitrogens with zero attached hydrogens (tertiary/aromatic N) is 3. The number of likely N-dealkylation sites (tertiary alicyclic amines) is 1. The van der Waals surface area contributed by atoms with Crippen LogP contribution in [0.5, 0.6) is 0 Å². The van der Waals surface area contributed by atoms with Crippen molar-refractivity contribution >= 4 is 11.9 Å². The number of guanidine groups is 1. The molecule has 1 atom stereocenters. The van der Waals surface area contributed by atoms with E-state index < -0.39 is 0 Å². The number of benzene rings is 1. The molecule has 2 saturated heterocycles. The summed E-state index contributed by atoms with van der Waals surface area (Å²) in [6.07, 6.45) is 6.82. The van der Waals surface area contributed by atoms with Crippen LogP contribution in [0.4, 0.5) is 0 Å². The smallest absolute Gasteiger partial charge is 0.225 e. The molecule has 0 radical (unpaired) electrons. The maximum Gasteiger partial charge on any atom is 0.225 e. The molecule has 0 aromatic heterocycles. The maximum absolute atomic E-state index is 12.8. The molecule has 2 N–H and O–H groups in total. The van der Waals surface area contributed by atoms with Gasteiger partial charge in [0, 0.05) is 58.3 Å². The average Bonchev–Trinajstić information content (AvgIpc) is 3.32. The number of hydrogen-bond acceptors (Lipinski definition) is 4. The summed E-state index contributed by atoms with van der Waals surface area (Å²) in [5.74, 6) is 1.43. The van der Waals surface area contributed by atoms with E-state index in [9.17, 15) is 4.79 Å². The largest absolute Gasteiger partial charge is 0.379 e. The molecule has 3 fully saturated rings. The fourth-order valence-electron chi connectivity index (χ4n) is 5.04. The fourth-order valence-corrected chi connectivity index (χ4v) is 5.04. The van der Waals surface area contributed by atoms with Crippen molar-refractivity contribution < 1.29 is 9.53 Å². The van der Waals surface area contributed by atoms with Gasteiger partial charge in [0.1, 0.15) is 0 Å². The van der Waals surface area contributed by atoms with Gasteiger partial charge in [-0.25, -0.2) is 0 Å². The summed E-state index contributed by atoms with van der Waals surface area (Å²) < 4.78 is 5.43. The highest BCUT2D eigenvalue weighted by molar-refractivity contribution is 5.81. The van der Waals surface area contributed by atoms with Gasteiger partial charge in [0.25, 0.3) is 0 Å². The number of nitrogens with one attached hydrogen (secondary N) is 2. The molecule has 3 aliphatic rings. The first-order valence-electron chi connectivity index (χ1n) is 12.3. The molecule has 1 unspecified atom stereocenters. The van der Waals surface area contributed by atoms with Crippen LogP contribution in [0.15, 0.2) is 29.3 Å². The van der Waals surface area contributed by atoms with E-state index >= 15 is 0 Å². The number of amides is 1. The molecule has 2 heterocycles. The molecule has 1 aliphatic carbocycles. The molecular formula is C25H39N5O2. The van der Waals surface area contributed by atoms with Crippen LogP contribution in [0.3, 0.4) is 0 Å². The molecule has 0 bridgehead atoms. The molecule has 176 valence electrons. The van der Waals surface area contributed by atoms with Crippen molar-refractivity contribution in [3.05, 3.63) is 35.4 Å². The van der Waals surface area contributed by atoms with Gasteiger partial charge in [0.15, 0.2) is 5.96 Å². The van der Waals surface area contributed by atoms with Crippen molar-refractivity contribution in [1.82, 2.24) is 20.4 Å². The van der Waals surface area contributed by atoms with Crippen molar-refractivity contribution in [2.24, 2.45) is 10.9 Å². The molecule has 7 nitrogen and oxygen atoms in total. The van der Waals surface area contributed by atoms with E-state index in [1.54, 1.807) is 7.05 Å². The number of carbonyl (C=O) groups is 1. The Balaban J connectivity index is 1.20. The Morgan fingerprint density at radius 3 is 2.47 bits per heavy atom. The van der Waals surface area contributed by atoms with E-state index in [-0.39, 0.29) is 12.0 Å². The van der Waals surface area contributed by atoms with Gasteiger partial charge in [-0.2, -0.15) is 0 Å². The lowest BCUT2D eigenvalue weighted by atomic mass is 9.88. The standard InChI is InChI=1S/C25H39N5O2/c1-26-25(28-23-11-12-30(19-23)24(31)22-5-3-2-4-6-22)27-17-20-7-9-21(10-8-20)18-29-13-15-32-16-14-29/h7-10,22-23H,2-6,11-19H2,1H3,(H2,26,27,28). The zero-order valence-corrected chi connectivity index (χ0v) is 19.5. The Morgan fingerprint density at radius 1 is 1.03 bits per heavy atom. The Labute approximate surface area is 192 Å². The third-order valence-corrected chi connectivity index (χ3v) is 7.01. The van der Waals surface area contributed by atoms with Crippen LogP contribution in [-0.2, 0) is 22.6 Å². The van der Waals surface area contributed by atoms with Crippen LogP contribution in [0, 0.1) is 5.92 Å². The van der Waals surface area contributed by atoms with E-state index in [1.165, 1.54) is 30.4 Å². The van der Waals surface area contributed by atoms with Crippen molar-refractivity contribution in [3.8, 4) is 0 Å². The summed E-state index contributed by atoms with van der Waals surface area (Å²) >= 11 is 0. The van der Waals surface area contributed by atoms with Crippen LogP contribution in [0.1, 0.15) is 49.7 Å². The van der Waals surface area contributed by atoms with Gasteiger partial charge >= 0.3 is 0 Å². The minimum absolute atomic E-state index is 0.256. The van der Waals surface area contributed by atoms with Gasteiger partial charge in [0.05, 0.1) is 13.2 Å². The normalized spacial score (nSPS) is 23.3. The maximum atomic E-state index is 12.8. The van der Waals surface area contributed by atoms with E-state index in [1.807, 2.05) is 0 Å². The summed E-state index contributed by atoms with van der Waals surface area (Å²) in [4.78, 5) is 21.7. The predicted octanol–water partition coefficient (Wildman–Crippen LogP) is 2.37. The highest BCUT2D eigenvalue weighted by Crippen LogP contribution is 2.26. The first-order valence-corrected chi connectivity index (χ1v) is 12.3. The molecule has 32 heavy (non-hydrogen) atoms. The van der Waals surface area contributed by atoms with Gasteiger partial charge in [-0.1, -0.05) is 43.5 Å². The molecule has 1 aromatic rings. The van der Waals surface area contributed by atoms with Crippen LogP contribution in [0.2, 0.25) is 0 Å². The topological polar surface area (TPSA) is 69.2 Å². The third-order valence-electron chi connectivity index (χ3n) is 7.01. The van der Waals surface area contributed by atoms with Gasteiger partial charge in [-0.05, 0) is 30.4 Å². The lowest BCUT2D eigenvalue weighted by Crippen LogP contribution is -2.45. The lowest BCUT2D eigenvalue weighted by molar-refractivity contribution is -0.135. The van der Waals surface area contributed by atoms with Crippen molar-refractivity contribution in [1.29, 1.82) is 0 Å². The summed E-state index contributed by atoms with van der Waals surface area (Å²) in [6.45, 7) is 7.05. The van der Waals surface area contributed by atoms with Crippen LogP contribution >= 0.6 is 0 Å². The molecule has 1 amide bonds. The summed E-state index contributed by atoms with van der Waals surface area (Å²) in [5, 5.41) is 6.95. The average molecular weight is 442 g/mol. The molecule has 1 aromatic carbocycles. The summed E-state index contributed by atoms with van der Waals surface area (Å²) in [5.41, 5.74) is 2.58. The second kappa shape index (κ2) is 11.7. The number of morpholine rings is 1. The van der Waals surface area contributed by atoms with E-state index in [2.05, 4.69) is 49.7 Å². The number of hydrogen-bond donors (Lipinski definition) is 2. The molecule has 4 rings (SSSR count). The van der Waals surface area contributed by atoms with Crippen molar-refractivity contribution in [3.63, 3.8) is 0 Å². The molecule has 0 spiro atoms. The number of aliphatic imine (C=N–C) groups is 1. The second-order valence-corrected chi connectivity index (χ2v) is 9.38. The SMILES string of the molecule is CN=C(NCc1ccc(CN2CCOCC2)cc1)NC1CCN(C(=O)C2CCCCC2)C1. The number of ether oxygens (including phenoxy) is 1. The van der Waals surface area contributed by atoms with Gasteiger partial charge in [-0.15, -0.1) is 0 Å². The fraction of sp³-hybridized carbons (Fsp3) is 0.680. The predicted molar refractivity (Wildman–Crippen MR) is 127 cm³/mol. The molecule has 7 heteroatoms. The van der Waals surface area contributed by atoms with Crippen molar-refractivity contribution in [2.75, 3.05) is 46.4 Å². The second-order valence-electron chi connectivity index (χ2n) is 9.38. The zero-order valence-electron chi connectivity index (χ0n) is 19.5. The third kappa shape index (κ3) is 6.45. The van der Waals surface area contributed by atoms with Crippen LogP contribution in [0.25, 0.3) is 0 Å². The van der Waals surface area contributed by atoms with E-state index in [4.69, 9.17) is 4.74 Å². The summed E-state index contributed by atoms with van der Waals surface area (Å²) in [6, 6.07) is 9.08. The van der Waals surface area contributed by atoms with E-state index in [0.717, 1.165) is 77.7 Å². The monoisotopic (exact) mass is 441 g/mol. The van der Waals surface area contributed by atoms with Crippen LogP contribution < -0.4 is 10.6 Å².